The van der Waals surface area contributed by atoms with Crippen molar-refractivity contribution in [2.75, 3.05) is 31.9 Å². The zero-order chi connectivity index (χ0) is 49.6. The SMILES string of the molecule is CC(C)CC(CC(=O)NO)C(=O)N[C@@H](Cc1c[nH]c2ccccc12)C(=O)N[C@@H](CCCCN)C(=O)NCC(=O)NCC(=O)N[C@@H](CCCCNC(=O)CCCC[C@@H]1SC[C@@H]2NC(=O)N[C@@H]21)C(N)=O. The van der Waals surface area contributed by atoms with Crippen molar-refractivity contribution in [2.24, 2.45) is 23.3 Å². The van der Waals surface area contributed by atoms with E-state index in [1.807, 2.05) is 49.9 Å². The molecule has 0 saturated carbocycles. The van der Waals surface area contributed by atoms with Gasteiger partial charge in [0.2, 0.25) is 47.3 Å². The van der Waals surface area contributed by atoms with E-state index in [1.165, 1.54) is 0 Å². The molecule has 3 heterocycles. The van der Waals surface area contributed by atoms with E-state index in [0.29, 0.717) is 56.0 Å². The molecule has 2 saturated heterocycles. The maximum Gasteiger partial charge on any atom is 0.315 e. The second-order valence-corrected chi connectivity index (χ2v) is 19.0. The maximum absolute atomic E-state index is 14.1. The molecule has 1 aromatic heterocycles. The summed E-state index contributed by atoms with van der Waals surface area (Å²) >= 11 is 1.84. The number of nitrogens with one attached hydrogen (secondary N) is 10. The number of para-hydroxylation sites is 1. The molecule has 376 valence electrons. The van der Waals surface area contributed by atoms with E-state index in [2.05, 4.69) is 47.5 Å². The number of thioether (sulfide) groups is 1. The van der Waals surface area contributed by atoms with Crippen molar-refractivity contribution < 1.29 is 48.4 Å². The Kier molecular flexibility index (Phi) is 22.8. The first-order valence-corrected chi connectivity index (χ1v) is 24.5. The molecule has 0 bridgehead atoms. The molecule has 2 aromatic rings. The third-order valence-corrected chi connectivity index (χ3v) is 13.4. The number of aromatic amines is 1. The van der Waals surface area contributed by atoms with Crippen LogP contribution in [0.15, 0.2) is 30.5 Å². The van der Waals surface area contributed by atoms with Crippen molar-refractivity contribution in [1.29, 1.82) is 0 Å². The average Bonchev–Trinajstić information content (AvgIpc) is 4.01. The van der Waals surface area contributed by atoms with Crippen molar-refractivity contribution in [2.45, 2.75) is 133 Å². The highest BCUT2D eigenvalue weighted by Gasteiger charge is 2.42. The van der Waals surface area contributed by atoms with Crippen LogP contribution in [-0.2, 0) is 44.8 Å². The number of urea groups is 1. The van der Waals surface area contributed by atoms with E-state index in [-0.39, 0.29) is 62.0 Å². The summed E-state index contributed by atoms with van der Waals surface area (Å²) in [5.74, 6) is -5.02. The molecular weight excluding hydrogens is 901 g/mol. The van der Waals surface area contributed by atoms with Gasteiger partial charge in [0, 0.05) is 59.8 Å². The summed E-state index contributed by atoms with van der Waals surface area (Å²) in [7, 11) is 0. The highest BCUT2D eigenvalue weighted by molar-refractivity contribution is 8.00. The first kappa shape index (κ1) is 54.7. The molecule has 1 unspecified atom stereocenters. The van der Waals surface area contributed by atoms with Crippen LogP contribution in [-0.4, -0.2) is 131 Å². The summed E-state index contributed by atoms with van der Waals surface area (Å²) in [6, 6.07) is 4.20. The maximum atomic E-state index is 14.1. The summed E-state index contributed by atoms with van der Waals surface area (Å²) < 4.78 is 0. The Morgan fingerprint density at radius 1 is 0.779 bits per heavy atom. The number of carbonyl (C=O) groups is 9. The number of aromatic nitrogens is 1. The lowest BCUT2D eigenvalue weighted by molar-refractivity contribution is -0.137. The van der Waals surface area contributed by atoms with E-state index in [0.717, 1.165) is 35.9 Å². The van der Waals surface area contributed by atoms with Gasteiger partial charge in [0.1, 0.15) is 18.1 Å². The molecule has 0 aliphatic carbocycles. The molecule has 0 radical (unpaired) electrons. The Balaban J connectivity index is 1.22. The quantitative estimate of drug-likeness (QED) is 0.0198. The van der Waals surface area contributed by atoms with Crippen LogP contribution >= 0.6 is 11.8 Å². The Morgan fingerprint density at radius 3 is 2.24 bits per heavy atom. The smallest absolute Gasteiger partial charge is 0.315 e. The lowest BCUT2D eigenvalue weighted by atomic mass is 9.92. The Morgan fingerprint density at radius 2 is 1.50 bits per heavy atom. The first-order chi connectivity index (χ1) is 32.6. The van der Waals surface area contributed by atoms with Gasteiger partial charge in [0.15, 0.2) is 0 Å². The van der Waals surface area contributed by atoms with Crippen LogP contribution < -0.4 is 59.5 Å². The predicted octanol–water partition coefficient (Wildman–Crippen LogP) is -0.418. The van der Waals surface area contributed by atoms with Gasteiger partial charge in [-0.25, -0.2) is 10.3 Å². The van der Waals surface area contributed by atoms with Gasteiger partial charge in [-0.05, 0) is 81.9 Å². The van der Waals surface area contributed by atoms with Crippen LogP contribution in [0.25, 0.3) is 10.9 Å². The van der Waals surface area contributed by atoms with Crippen molar-refractivity contribution >= 4 is 76.0 Å². The number of rotatable bonds is 31. The normalized spacial score (nSPS) is 18.0. The average molecular weight is 971 g/mol. The van der Waals surface area contributed by atoms with Crippen LogP contribution in [0.2, 0.25) is 0 Å². The van der Waals surface area contributed by atoms with Gasteiger partial charge in [-0.3, -0.25) is 43.6 Å². The summed E-state index contributed by atoms with van der Waals surface area (Å²) in [6.07, 6.45) is 6.90. The second-order valence-electron chi connectivity index (χ2n) is 17.8. The number of fused-ring (bicyclic) bond motifs is 2. The number of amides is 10. The van der Waals surface area contributed by atoms with Gasteiger partial charge in [0.05, 0.1) is 25.2 Å². The molecule has 7 atom stereocenters. The first-order valence-electron chi connectivity index (χ1n) is 23.5. The monoisotopic (exact) mass is 971 g/mol. The number of primary amides is 1. The number of H-pyrrole nitrogens is 1. The number of hydroxylamine groups is 1. The van der Waals surface area contributed by atoms with Crippen LogP contribution in [0, 0.1) is 11.8 Å². The Labute approximate surface area is 400 Å². The van der Waals surface area contributed by atoms with Crippen LogP contribution in [0.4, 0.5) is 4.79 Å². The molecule has 2 fully saturated rings. The topological polar surface area (TPSA) is 350 Å². The minimum Gasteiger partial charge on any atom is -0.368 e. The summed E-state index contributed by atoms with van der Waals surface area (Å²) in [5.41, 5.74) is 14.3. The highest BCUT2D eigenvalue weighted by Crippen LogP contribution is 2.33. The molecule has 23 heteroatoms. The molecular formula is C45H70N12O10S. The fraction of sp³-hybridized carbons (Fsp3) is 0.622. The summed E-state index contributed by atoms with van der Waals surface area (Å²) in [5, 5.41) is 31.9. The largest absolute Gasteiger partial charge is 0.368 e. The third-order valence-electron chi connectivity index (χ3n) is 11.9. The van der Waals surface area contributed by atoms with Gasteiger partial charge in [-0.1, -0.05) is 38.5 Å². The van der Waals surface area contributed by atoms with E-state index in [9.17, 15) is 43.2 Å². The minimum absolute atomic E-state index is 0.00354. The zero-order valence-corrected chi connectivity index (χ0v) is 39.7. The molecule has 4 rings (SSSR count). The van der Waals surface area contributed by atoms with E-state index in [1.54, 1.807) is 11.7 Å². The van der Waals surface area contributed by atoms with Crippen molar-refractivity contribution in [1.82, 2.24) is 53.0 Å². The third kappa shape index (κ3) is 18.3. The number of hydrogen-bond acceptors (Lipinski definition) is 12. The standard InChI is InChI=1S/C45H70N12O10S/c1-26(2)19-27(21-37(59)57-67)42(63)54-33(20-28-22-49-30-12-4-3-11-29(28)30)44(65)53-32(14-7-9-17-46)43(64)51-23-38(60)50-24-39(61)52-31(41(47)62)13-8-10-18-48-36(58)16-6-5-15-35-40-34(25-68-35)55-45(66)56-40/h3-4,11-12,22,26-27,31-35,40,49,67H,5-10,13-21,23-25,46H2,1-2H3,(H2,47,62)(H,48,58)(H,50,60)(H,51,64)(H,52,61)(H,53,65)(H,54,63)(H,57,59)(H2,55,56,66)/t27?,31-,32-,33-,34-,35-,40-/m0/s1. The minimum atomic E-state index is -1.20. The van der Waals surface area contributed by atoms with Crippen molar-refractivity contribution in [3.63, 3.8) is 0 Å². The van der Waals surface area contributed by atoms with E-state index in [4.69, 9.17) is 16.7 Å². The molecule has 1 aromatic carbocycles. The molecule has 2 aliphatic heterocycles. The van der Waals surface area contributed by atoms with Crippen molar-refractivity contribution in [3.8, 4) is 0 Å². The van der Waals surface area contributed by atoms with Gasteiger partial charge in [0.25, 0.3) is 0 Å². The van der Waals surface area contributed by atoms with E-state index >= 15 is 0 Å². The van der Waals surface area contributed by atoms with Crippen LogP contribution in [0.3, 0.4) is 0 Å². The van der Waals surface area contributed by atoms with Gasteiger partial charge in [-0.15, -0.1) is 0 Å². The lowest BCUT2D eigenvalue weighted by Gasteiger charge is -2.25. The molecule has 10 amide bonds. The molecule has 22 nitrogen and oxygen atoms in total. The summed E-state index contributed by atoms with van der Waals surface area (Å²) in [6.45, 7) is 3.36. The zero-order valence-electron chi connectivity index (χ0n) is 38.9. The fourth-order valence-corrected chi connectivity index (χ4v) is 9.84. The van der Waals surface area contributed by atoms with Gasteiger partial charge in [-0.2, -0.15) is 11.8 Å². The lowest BCUT2D eigenvalue weighted by Crippen LogP contribution is -2.56. The van der Waals surface area contributed by atoms with Gasteiger partial charge >= 0.3 is 6.03 Å². The number of carbonyl (C=O) groups excluding carboxylic acids is 9. The molecule has 2 aliphatic rings. The predicted molar refractivity (Wildman–Crippen MR) is 254 cm³/mol. The number of benzene rings is 1. The second kappa shape index (κ2) is 28.4. The van der Waals surface area contributed by atoms with Gasteiger partial charge < -0.3 is 59.0 Å². The van der Waals surface area contributed by atoms with E-state index < -0.39 is 78.5 Å². The number of nitrogens with two attached hydrogens (primary N) is 2. The number of hydrogen-bond donors (Lipinski definition) is 13. The number of unbranched alkanes of at least 4 members (excludes halogenated alkanes) is 3. The van der Waals surface area contributed by atoms with Crippen LogP contribution in [0.5, 0.6) is 0 Å². The Bertz CT molecular complexity index is 2050. The summed E-state index contributed by atoms with van der Waals surface area (Å²) in [4.78, 5) is 118. The van der Waals surface area contributed by atoms with Crippen LogP contribution in [0.1, 0.15) is 96.5 Å². The highest BCUT2D eigenvalue weighted by atomic mass is 32.2. The Hall–Kier alpha value is -5.94. The molecule has 68 heavy (non-hydrogen) atoms. The molecule has 0 spiro atoms. The molecule has 15 N–H and O–H groups in total. The fourth-order valence-electron chi connectivity index (χ4n) is 8.30. The van der Waals surface area contributed by atoms with Crippen molar-refractivity contribution in [3.05, 3.63) is 36.0 Å².